The van der Waals surface area contributed by atoms with Crippen LogP contribution in [0.3, 0.4) is 0 Å². The number of para-hydroxylation sites is 1. The molecular formula is C16H21NO3. The number of rotatable bonds is 4. The largest absolute Gasteiger partial charge is 0.496 e. The minimum Gasteiger partial charge on any atom is -0.496 e. The molecule has 1 atom stereocenters. The summed E-state index contributed by atoms with van der Waals surface area (Å²) in [5.41, 5.74) is 2.05. The molecule has 1 aliphatic rings. The number of carbonyl (C=O) groups excluding carboxylic acids is 1. The van der Waals surface area contributed by atoms with Crippen molar-refractivity contribution < 1.29 is 14.6 Å². The van der Waals surface area contributed by atoms with Crippen LogP contribution < -0.4 is 4.74 Å². The Balaban J connectivity index is 2.02. The van der Waals surface area contributed by atoms with E-state index in [1.54, 1.807) is 18.1 Å². The van der Waals surface area contributed by atoms with Gasteiger partial charge in [0.2, 0.25) is 5.91 Å². The third-order valence-corrected chi connectivity index (χ3v) is 3.51. The molecule has 4 heteroatoms. The molecule has 0 aliphatic carbocycles. The normalized spacial score (nSPS) is 19.2. The summed E-state index contributed by atoms with van der Waals surface area (Å²) >= 11 is 0. The average Bonchev–Trinajstić information content (AvgIpc) is 2.86. The number of aliphatic hydroxyl groups excluding tert-OH is 1. The predicted molar refractivity (Wildman–Crippen MR) is 77.7 cm³/mol. The van der Waals surface area contributed by atoms with Gasteiger partial charge in [-0.15, -0.1) is 0 Å². The second-order valence-corrected chi connectivity index (χ2v) is 5.21. The van der Waals surface area contributed by atoms with E-state index in [4.69, 9.17) is 4.74 Å². The van der Waals surface area contributed by atoms with E-state index in [1.165, 1.54) is 0 Å². The minimum atomic E-state index is -0.373. The highest BCUT2D eigenvalue weighted by molar-refractivity contribution is 5.88. The van der Waals surface area contributed by atoms with Crippen molar-refractivity contribution in [3.63, 3.8) is 0 Å². The van der Waals surface area contributed by atoms with E-state index in [-0.39, 0.29) is 12.0 Å². The molecule has 1 fully saturated rings. The second kappa shape index (κ2) is 6.57. The van der Waals surface area contributed by atoms with Crippen molar-refractivity contribution in [3.05, 3.63) is 41.5 Å². The maximum Gasteiger partial charge on any atom is 0.246 e. The molecule has 1 N–H and O–H groups in total. The topological polar surface area (TPSA) is 49.8 Å². The molecule has 1 aromatic carbocycles. The van der Waals surface area contributed by atoms with Crippen LogP contribution in [0.2, 0.25) is 0 Å². The molecule has 0 unspecified atom stereocenters. The molecular weight excluding hydrogens is 254 g/mol. The van der Waals surface area contributed by atoms with Gasteiger partial charge in [0.25, 0.3) is 0 Å². The van der Waals surface area contributed by atoms with Crippen molar-refractivity contribution >= 4 is 5.91 Å². The van der Waals surface area contributed by atoms with Crippen molar-refractivity contribution in [2.75, 3.05) is 20.2 Å². The number of hydrogen-bond donors (Lipinski definition) is 1. The fourth-order valence-electron chi connectivity index (χ4n) is 2.44. The summed E-state index contributed by atoms with van der Waals surface area (Å²) < 4.78 is 5.31. The number of ether oxygens (including phenoxy) is 1. The number of allylic oxidation sites excluding steroid dienone is 1. The lowest BCUT2D eigenvalue weighted by Gasteiger charge is -2.14. The first-order valence-electron chi connectivity index (χ1n) is 6.86. The van der Waals surface area contributed by atoms with Gasteiger partial charge in [-0.2, -0.15) is 0 Å². The van der Waals surface area contributed by atoms with Gasteiger partial charge in [0.15, 0.2) is 0 Å². The molecule has 1 heterocycles. The SMILES string of the molecule is COc1ccccc1C/C(C)=C/C(=O)N1CC[C@@H](O)C1. The molecule has 2 rings (SSSR count). The zero-order chi connectivity index (χ0) is 14.5. The van der Waals surface area contributed by atoms with Gasteiger partial charge < -0.3 is 14.7 Å². The van der Waals surface area contributed by atoms with Crippen molar-refractivity contribution in [2.24, 2.45) is 0 Å². The number of likely N-dealkylation sites (tertiary alicyclic amines) is 1. The van der Waals surface area contributed by atoms with Crippen LogP contribution in [0.5, 0.6) is 5.75 Å². The minimum absolute atomic E-state index is 0.0195. The number of methoxy groups -OCH3 is 1. The van der Waals surface area contributed by atoms with Crippen LogP contribution in [-0.4, -0.2) is 42.2 Å². The summed E-state index contributed by atoms with van der Waals surface area (Å²) in [7, 11) is 1.65. The van der Waals surface area contributed by atoms with Crippen LogP contribution in [0.15, 0.2) is 35.9 Å². The fraction of sp³-hybridized carbons (Fsp3) is 0.438. The molecule has 108 valence electrons. The monoisotopic (exact) mass is 275 g/mol. The zero-order valence-corrected chi connectivity index (χ0v) is 12.0. The molecule has 0 aromatic heterocycles. The van der Waals surface area contributed by atoms with Gasteiger partial charge >= 0.3 is 0 Å². The number of aliphatic hydroxyl groups is 1. The van der Waals surface area contributed by atoms with Crippen LogP contribution in [0.4, 0.5) is 0 Å². The first-order chi connectivity index (χ1) is 9.60. The number of amides is 1. The third kappa shape index (κ3) is 3.61. The van der Waals surface area contributed by atoms with Gasteiger partial charge in [0.05, 0.1) is 13.2 Å². The third-order valence-electron chi connectivity index (χ3n) is 3.51. The maximum atomic E-state index is 12.1. The van der Waals surface area contributed by atoms with Gasteiger partial charge in [-0.05, 0) is 31.4 Å². The lowest BCUT2D eigenvalue weighted by molar-refractivity contribution is -0.125. The van der Waals surface area contributed by atoms with Gasteiger partial charge in [0, 0.05) is 19.2 Å². The summed E-state index contributed by atoms with van der Waals surface area (Å²) in [5, 5.41) is 9.45. The van der Waals surface area contributed by atoms with E-state index in [2.05, 4.69) is 0 Å². The van der Waals surface area contributed by atoms with Crippen LogP contribution in [0, 0.1) is 0 Å². The molecule has 20 heavy (non-hydrogen) atoms. The summed E-state index contributed by atoms with van der Waals surface area (Å²) in [6.07, 6.45) is 2.64. The van der Waals surface area contributed by atoms with Crippen molar-refractivity contribution in [1.29, 1.82) is 0 Å². The Bertz CT molecular complexity index is 510. The van der Waals surface area contributed by atoms with Crippen molar-refractivity contribution in [3.8, 4) is 5.75 Å². The smallest absolute Gasteiger partial charge is 0.246 e. The summed E-state index contributed by atoms with van der Waals surface area (Å²) in [4.78, 5) is 13.7. The fourth-order valence-corrected chi connectivity index (χ4v) is 2.44. The Morgan fingerprint density at radius 1 is 1.50 bits per heavy atom. The molecule has 1 amide bonds. The average molecular weight is 275 g/mol. The summed E-state index contributed by atoms with van der Waals surface area (Å²) in [5.74, 6) is 0.818. The summed E-state index contributed by atoms with van der Waals surface area (Å²) in [6.45, 7) is 3.02. The number of benzene rings is 1. The van der Waals surface area contributed by atoms with E-state index >= 15 is 0 Å². The van der Waals surface area contributed by atoms with E-state index in [0.717, 1.165) is 16.9 Å². The van der Waals surface area contributed by atoms with Gasteiger partial charge in [-0.25, -0.2) is 0 Å². The number of nitrogens with zero attached hydrogens (tertiary/aromatic N) is 1. The van der Waals surface area contributed by atoms with E-state index in [1.807, 2.05) is 31.2 Å². The zero-order valence-electron chi connectivity index (χ0n) is 12.0. The predicted octanol–water partition coefficient (Wildman–Crippen LogP) is 1.78. The van der Waals surface area contributed by atoms with E-state index < -0.39 is 0 Å². The highest BCUT2D eigenvalue weighted by atomic mass is 16.5. The maximum absolute atomic E-state index is 12.1. The van der Waals surface area contributed by atoms with Crippen molar-refractivity contribution in [1.82, 2.24) is 4.90 Å². The van der Waals surface area contributed by atoms with Crippen molar-refractivity contribution in [2.45, 2.75) is 25.9 Å². The first kappa shape index (κ1) is 14.6. The van der Waals surface area contributed by atoms with Crippen LogP contribution in [-0.2, 0) is 11.2 Å². The van der Waals surface area contributed by atoms with Gasteiger partial charge in [0.1, 0.15) is 5.75 Å². The molecule has 0 bridgehead atoms. The standard InChI is InChI=1S/C16H21NO3/c1-12(9-13-5-3-4-6-15(13)20-2)10-16(19)17-8-7-14(18)11-17/h3-6,10,14,18H,7-9,11H2,1-2H3/b12-10+/t14-/m1/s1. The molecule has 1 aliphatic heterocycles. The van der Waals surface area contributed by atoms with E-state index in [0.29, 0.717) is 25.9 Å². The molecule has 1 saturated heterocycles. The molecule has 0 saturated carbocycles. The Morgan fingerprint density at radius 2 is 2.25 bits per heavy atom. The first-order valence-corrected chi connectivity index (χ1v) is 6.86. The number of hydrogen-bond acceptors (Lipinski definition) is 3. The Labute approximate surface area is 119 Å². The number of carbonyl (C=O) groups is 1. The molecule has 4 nitrogen and oxygen atoms in total. The Morgan fingerprint density at radius 3 is 2.90 bits per heavy atom. The number of β-amino-alcohol motifs (C(OH)–C–C–N with tert-alkyl or cyclic N) is 1. The lowest BCUT2D eigenvalue weighted by atomic mass is 10.0. The van der Waals surface area contributed by atoms with Gasteiger partial charge in [-0.3, -0.25) is 4.79 Å². The van der Waals surface area contributed by atoms with Crippen LogP contribution in [0.25, 0.3) is 0 Å². The van der Waals surface area contributed by atoms with Crippen LogP contribution >= 0.6 is 0 Å². The summed E-state index contributed by atoms with van der Waals surface area (Å²) in [6, 6.07) is 7.81. The highest BCUT2D eigenvalue weighted by Gasteiger charge is 2.23. The quantitative estimate of drug-likeness (QED) is 0.852. The molecule has 1 aromatic rings. The second-order valence-electron chi connectivity index (χ2n) is 5.21. The highest BCUT2D eigenvalue weighted by Crippen LogP contribution is 2.20. The Kier molecular flexibility index (Phi) is 4.79. The lowest BCUT2D eigenvalue weighted by Crippen LogP contribution is -2.28. The molecule has 0 spiro atoms. The van der Waals surface area contributed by atoms with Gasteiger partial charge in [-0.1, -0.05) is 23.8 Å². The van der Waals surface area contributed by atoms with Crippen LogP contribution in [0.1, 0.15) is 18.9 Å². The van der Waals surface area contributed by atoms with E-state index in [9.17, 15) is 9.90 Å². The molecule has 0 radical (unpaired) electrons. The Hall–Kier alpha value is -1.81.